The van der Waals surface area contributed by atoms with Crippen molar-refractivity contribution in [1.82, 2.24) is 9.55 Å². The van der Waals surface area contributed by atoms with Crippen molar-refractivity contribution in [1.29, 1.82) is 5.26 Å². The van der Waals surface area contributed by atoms with Gasteiger partial charge in [-0.25, -0.2) is 9.78 Å². The van der Waals surface area contributed by atoms with Gasteiger partial charge in [-0.2, -0.15) is 5.26 Å². The third kappa shape index (κ3) is 3.02. The highest BCUT2D eigenvalue weighted by Crippen LogP contribution is 2.21. The number of hydrogen-bond donors (Lipinski definition) is 0. The van der Waals surface area contributed by atoms with E-state index < -0.39 is 5.97 Å². The summed E-state index contributed by atoms with van der Waals surface area (Å²) >= 11 is 0. The van der Waals surface area contributed by atoms with Crippen molar-refractivity contribution in [3.63, 3.8) is 0 Å². The number of furan rings is 1. The lowest BCUT2D eigenvalue weighted by molar-refractivity contribution is 0.0526. The van der Waals surface area contributed by atoms with Crippen LogP contribution in [-0.4, -0.2) is 22.1 Å². The van der Waals surface area contributed by atoms with Crippen molar-refractivity contribution in [2.75, 3.05) is 6.61 Å². The molecule has 0 saturated carbocycles. The number of carbonyl (C=O) groups excluding carboxylic acids is 1. The van der Waals surface area contributed by atoms with E-state index >= 15 is 0 Å². The molecular formula is C18H15N3O4. The number of benzene rings is 1. The van der Waals surface area contributed by atoms with Gasteiger partial charge in [-0.3, -0.25) is 9.36 Å². The highest BCUT2D eigenvalue weighted by molar-refractivity contribution is 6.03. The Hall–Kier alpha value is -3.40. The van der Waals surface area contributed by atoms with Crippen molar-refractivity contribution in [2.45, 2.75) is 20.4 Å². The molecule has 0 aliphatic carbocycles. The van der Waals surface area contributed by atoms with E-state index in [-0.39, 0.29) is 35.4 Å². The fraction of sp³-hybridized carbons (Fsp3) is 0.222. The van der Waals surface area contributed by atoms with Crippen molar-refractivity contribution in [3.8, 4) is 6.07 Å². The van der Waals surface area contributed by atoms with Crippen molar-refractivity contribution < 1.29 is 13.9 Å². The van der Waals surface area contributed by atoms with Crippen LogP contribution < -0.4 is 5.56 Å². The summed E-state index contributed by atoms with van der Waals surface area (Å²) in [5, 5.41) is 8.96. The number of hydrogen-bond acceptors (Lipinski definition) is 6. The molecule has 0 aliphatic heterocycles. The summed E-state index contributed by atoms with van der Waals surface area (Å²) in [6.45, 7) is 3.75. The van der Waals surface area contributed by atoms with E-state index in [1.54, 1.807) is 38.1 Å². The molecule has 0 unspecified atom stereocenters. The Balaban J connectivity index is 2.07. The van der Waals surface area contributed by atoms with Crippen LogP contribution in [-0.2, 0) is 11.3 Å². The minimum absolute atomic E-state index is 0.113. The summed E-state index contributed by atoms with van der Waals surface area (Å²) in [4.78, 5) is 29.1. The average molecular weight is 337 g/mol. The molecule has 7 heteroatoms. The molecule has 0 aliphatic rings. The number of nitrogens with zero attached hydrogens (tertiary/aromatic N) is 3. The van der Waals surface area contributed by atoms with Gasteiger partial charge in [-0.1, -0.05) is 12.1 Å². The predicted molar refractivity (Wildman–Crippen MR) is 89.2 cm³/mol. The number of rotatable bonds is 4. The monoisotopic (exact) mass is 337 g/mol. The number of carbonyl (C=O) groups is 1. The Bertz CT molecular complexity index is 1040. The van der Waals surface area contributed by atoms with Crippen LogP contribution in [0.15, 0.2) is 39.8 Å². The number of nitriles is 1. The molecule has 0 radical (unpaired) electrons. The third-order valence-electron chi connectivity index (χ3n) is 3.77. The molecule has 3 rings (SSSR count). The summed E-state index contributed by atoms with van der Waals surface area (Å²) in [5.41, 5.74) is 1.22. The lowest BCUT2D eigenvalue weighted by Crippen LogP contribution is -2.22. The Morgan fingerprint density at radius 2 is 2.08 bits per heavy atom. The maximum absolute atomic E-state index is 12.8. The van der Waals surface area contributed by atoms with E-state index in [1.165, 1.54) is 10.9 Å². The standard InChI is InChI=1S/C18H15N3O4/c1-3-24-18(23)14-11(2)25-16-15(14)17(22)21(10-20-16)9-13-6-4-12(8-19)5-7-13/h4-7,10H,3,9H2,1-2H3. The zero-order valence-electron chi connectivity index (χ0n) is 13.8. The van der Waals surface area contributed by atoms with Gasteiger partial charge in [0, 0.05) is 0 Å². The molecular weight excluding hydrogens is 322 g/mol. The van der Waals surface area contributed by atoms with Gasteiger partial charge in [-0.05, 0) is 31.5 Å². The van der Waals surface area contributed by atoms with Gasteiger partial charge in [0.15, 0.2) is 0 Å². The van der Waals surface area contributed by atoms with Crippen LogP contribution in [0.3, 0.4) is 0 Å². The van der Waals surface area contributed by atoms with Gasteiger partial charge in [0.1, 0.15) is 23.0 Å². The highest BCUT2D eigenvalue weighted by Gasteiger charge is 2.23. The molecule has 0 amide bonds. The second-order valence-electron chi connectivity index (χ2n) is 5.42. The van der Waals surface area contributed by atoms with Crippen LogP contribution >= 0.6 is 0 Å². The van der Waals surface area contributed by atoms with E-state index in [0.29, 0.717) is 11.3 Å². The first-order chi connectivity index (χ1) is 12.0. The van der Waals surface area contributed by atoms with Gasteiger partial charge < -0.3 is 9.15 Å². The number of esters is 1. The first kappa shape index (κ1) is 16.5. The third-order valence-corrected chi connectivity index (χ3v) is 3.77. The fourth-order valence-corrected chi connectivity index (χ4v) is 2.58. The Kier molecular flexibility index (Phi) is 4.35. The van der Waals surface area contributed by atoms with Gasteiger partial charge in [0.25, 0.3) is 5.56 Å². The molecule has 0 fully saturated rings. The predicted octanol–water partition coefficient (Wildman–Crippen LogP) is 2.39. The Morgan fingerprint density at radius 3 is 2.72 bits per heavy atom. The van der Waals surface area contributed by atoms with Crippen LogP contribution in [0.2, 0.25) is 0 Å². The van der Waals surface area contributed by atoms with Crippen LogP contribution in [0.1, 0.15) is 34.2 Å². The zero-order chi connectivity index (χ0) is 18.0. The van der Waals surface area contributed by atoms with E-state index in [1.807, 2.05) is 6.07 Å². The maximum atomic E-state index is 12.8. The molecule has 126 valence electrons. The molecule has 7 nitrogen and oxygen atoms in total. The first-order valence-electron chi connectivity index (χ1n) is 7.69. The number of aryl methyl sites for hydroxylation is 1. The second kappa shape index (κ2) is 6.61. The number of ether oxygens (including phenoxy) is 1. The van der Waals surface area contributed by atoms with E-state index in [0.717, 1.165) is 5.56 Å². The molecule has 1 aromatic carbocycles. The van der Waals surface area contributed by atoms with Gasteiger partial charge in [-0.15, -0.1) is 0 Å². The minimum atomic E-state index is -0.603. The molecule has 2 heterocycles. The summed E-state index contributed by atoms with van der Waals surface area (Å²) in [6.07, 6.45) is 1.38. The molecule has 0 bridgehead atoms. The highest BCUT2D eigenvalue weighted by atomic mass is 16.5. The molecule has 0 atom stereocenters. The first-order valence-corrected chi connectivity index (χ1v) is 7.69. The smallest absolute Gasteiger partial charge is 0.342 e. The summed E-state index contributed by atoms with van der Waals surface area (Å²) < 4.78 is 11.8. The van der Waals surface area contributed by atoms with Crippen molar-refractivity contribution in [3.05, 3.63) is 63.4 Å². The lowest BCUT2D eigenvalue weighted by Gasteiger charge is -2.06. The average Bonchev–Trinajstić information content (AvgIpc) is 2.95. The molecule has 0 saturated heterocycles. The SMILES string of the molecule is CCOC(=O)c1c(C)oc2ncn(Cc3ccc(C#N)cc3)c(=O)c12. The Morgan fingerprint density at radius 1 is 1.36 bits per heavy atom. The summed E-state index contributed by atoms with van der Waals surface area (Å²) in [7, 11) is 0. The minimum Gasteiger partial charge on any atom is -0.462 e. The molecule has 25 heavy (non-hydrogen) atoms. The van der Waals surface area contributed by atoms with Gasteiger partial charge in [0.05, 0.1) is 24.8 Å². The Labute approximate surface area is 143 Å². The molecule has 0 spiro atoms. The van der Waals surface area contributed by atoms with Crippen molar-refractivity contribution in [2.24, 2.45) is 0 Å². The second-order valence-corrected chi connectivity index (χ2v) is 5.42. The largest absolute Gasteiger partial charge is 0.462 e. The quantitative estimate of drug-likeness (QED) is 0.678. The van der Waals surface area contributed by atoms with Gasteiger partial charge in [0.2, 0.25) is 5.71 Å². The topological polar surface area (TPSA) is 98.1 Å². The summed E-state index contributed by atoms with van der Waals surface area (Å²) in [5.74, 6) is -0.303. The van der Waals surface area contributed by atoms with Gasteiger partial charge >= 0.3 is 5.97 Å². The van der Waals surface area contributed by atoms with E-state index in [9.17, 15) is 9.59 Å². The normalized spacial score (nSPS) is 10.6. The molecule has 3 aromatic rings. The molecule has 2 aromatic heterocycles. The van der Waals surface area contributed by atoms with Crippen LogP contribution in [0, 0.1) is 18.3 Å². The van der Waals surface area contributed by atoms with Crippen LogP contribution in [0.4, 0.5) is 0 Å². The fourth-order valence-electron chi connectivity index (χ4n) is 2.58. The number of aromatic nitrogens is 2. The van der Waals surface area contributed by atoms with Crippen LogP contribution in [0.5, 0.6) is 0 Å². The summed E-state index contributed by atoms with van der Waals surface area (Å²) in [6, 6.07) is 8.93. The lowest BCUT2D eigenvalue weighted by atomic mass is 10.1. The van der Waals surface area contributed by atoms with E-state index in [2.05, 4.69) is 4.98 Å². The van der Waals surface area contributed by atoms with Crippen molar-refractivity contribution >= 4 is 17.1 Å². The van der Waals surface area contributed by atoms with E-state index in [4.69, 9.17) is 14.4 Å². The molecule has 0 N–H and O–H groups in total. The number of fused-ring (bicyclic) bond motifs is 1. The zero-order valence-corrected chi connectivity index (χ0v) is 13.8. The maximum Gasteiger partial charge on any atom is 0.342 e. The van der Waals surface area contributed by atoms with Crippen LogP contribution in [0.25, 0.3) is 11.1 Å².